The summed E-state index contributed by atoms with van der Waals surface area (Å²) in [5.41, 5.74) is 6.96. The minimum atomic E-state index is -0.514. The normalized spacial score (nSPS) is 11.6. The summed E-state index contributed by atoms with van der Waals surface area (Å²) < 4.78 is 0. The lowest BCUT2D eigenvalue weighted by Crippen LogP contribution is -2.35. The minimum Gasteiger partial charge on any atom is -0.338 e. The van der Waals surface area contributed by atoms with Crippen molar-refractivity contribution in [2.45, 2.75) is 32.7 Å². The van der Waals surface area contributed by atoms with Crippen molar-refractivity contribution in [3.05, 3.63) is 24.3 Å². The molecule has 5 N–H and O–H groups in total. The molecule has 0 aliphatic rings. The number of hydrogen-bond acceptors (Lipinski definition) is 3. The van der Waals surface area contributed by atoms with Gasteiger partial charge in [0.25, 0.3) is 0 Å². The number of hydrogen-bond donors (Lipinski definition) is 4. The highest BCUT2D eigenvalue weighted by molar-refractivity contribution is 5.96. The molecule has 6 heteroatoms. The molecule has 0 saturated carbocycles. The van der Waals surface area contributed by atoms with E-state index in [0.717, 1.165) is 6.42 Å². The first kappa shape index (κ1) is 16.0. The number of nitrogens with two attached hydrogens (primary N) is 1. The highest BCUT2D eigenvalue weighted by Gasteiger charge is 2.12. The molecular formula is C14H22N4O2. The summed E-state index contributed by atoms with van der Waals surface area (Å²) in [6, 6.07) is 6.14. The van der Waals surface area contributed by atoms with Gasteiger partial charge in [-0.2, -0.15) is 0 Å². The van der Waals surface area contributed by atoms with Gasteiger partial charge in [-0.1, -0.05) is 19.4 Å². The summed E-state index contributed by atoms with van der Waals surface area (Å²) in [7, 11) is 0. The highest BCUT2D eigenvalue weighted by Crippen LogP contribution is 2.15. The maximum atomic E-state index is 11.8. The van der Waals surface area contributed by atoms with E-state index in [4.69, 9.17) is 5.73 Å². The van der Waals surface area contributed by atoms with Crippen molar-refractivity contribution in [3.63, 3.8) is 0 Å². The van der Waals surface area contributed by atoms with E-state index >= 15 is 0 Å². The Morgan fingerprint density at radius 3 is 2.45 bits per heavy atom. The van der Waals surface area contributed by atoms with Gasteiger partial charge in [0.1, 0.15) is 0 Å². The first-order chi connectivity index (χ1) is 9.56. The number of urea groups is 1. The van der Waals surface area contributed by atoms with Crippen LogP contribution in [-0.4, -0.2) is 24.5 Å². The van der Waals surface area contributed by atoms with Gasteiger partial charge in [-0.15, -0.1) is 0 Å². The zero-order chi connectivity index (χ0) is 15.0. The van der Waals surface area contributed by atoms with Crippen molar-refractivity contribution >= 4 is 23.3 Å². The molecule has 1 aromatic rings. The van der Waals surface area contributed by atoms with Gasteiger partial charge in [-0.3, -0.25) is 4.79 Å². The fraction of sp³-hybridized carbons (Fsp3) is 0.429. The molecule has 0 heterocycles. The van der Waals surface area contributed by atoms with E-state index < -0.39 is 6.04 Å². The molecule has 20 heavy (non-hydrogen) atoms. The Bertz CT molecular complexity index is 462. The molecule has 0 saturated heterocycles. The second kappa shape index (κ2) is 8.16. The molecule has 0 aromatic heterocycles. The van der Waals surface area contributed by atoms with E-state index in [2.05, 4.69) is 16.0 Å². The maximum absolute atomic E-state index is 11.8. The molecule has 0 aliphatic carbocycles. The second-order valence-corrected chi connectivity index (χ2v) is 4.45. The van der Waals surface area contributed by atoms with Crippen LogP contribution in [0, 0.1) is 0 Å². The van der Waals surface area contributed by atoms with Crippen molar-refractivity contribution in [2.24, 2.45) is 5.73 Å². The Labute approximate surface area is 119 Å². The van der Waals surface area contributed by atoms with Crippen molar-refractivity contribution in [3.8, 4) is 0 Å². The summed E-state index contributed by atoms with van der Waals surface area (Å²) in [5.74, 6) is -0.220. The summed E-state index contributed by atoms with van der Waals surface area (Å²) in [6.45, 7) is 4.36. The van der Waals surface area contributed by atoms with E-state index in [1.54, 1.807) is 24.3 Å². The van der Waals surface area contributed by atoms with E-state index in [9.17, 15) is 9.59 Å². The highest BCUT2D eigenvalue weighted by atomic mass is 16.2. The monoisotopic (exact) mass is 278 g/mol. The number of nitrogens with one attached hydrogen (secondary N) is 3. The molecule has 1 atom stereocenters. The first-order valence-corrected chi connectivity index (χ1v) is 6.78. The minimum absolute atomic E-state index is 0.220. The predicted octanol–water partition coefficient (Wildman–Crippen LogP) is 1.89. The molecule has 1 rings (SSSR count). The molecule has 0 spiro atoms. The number of amides is 3. The largest absolute Gasteiger partial charge is 0.338 e. The van der Waals surface area contributed by atoms with Crippen LogP contribution in [0.3, 0.4) is 0 Å². The van der Waals surface area contributed by atoms with Gasteiger partial charge in [-0.25, -0.2) is 4.79 Å². The van der Waals surface area contributed by atoms with Crippen LogP contribution >= 0.6 is 0 Å². The fourth-order valence-electron chi connectivity index (χ4n) is 1.69. The van der Waals surface area contributed by atoms with Gasteiger partial charge in [0, 0.05) is 17.9 Å². The Hall–Kier alpha value is -2.08. The van der Waals surface area contributed by atoms with Gasteiger partial charge in [0.2, 0.25) is 5.91 Å². The van der Waals surface area contributed by atoms with Crippen LogP contribution in [0.15, 0.2) is 24.3 Å². The standard InChI is InChI=1S/C14H22N4O2/c1-3-6-12(15)13(19)17-10-7-5-8-11(9-10)18-14(20)16-4-2/h5,7-9,12H,3-4,6,15H2,1-2H3,(H,17,19)(H2,16,18,20). The van der Waals surface area contributed by atoms with Crippen LogP contribution in [0.5, 0.6) is 0 Å². The predicted molar refractivity (Wildman–Crippen MR) is 80.7 cm³/mol. The molecule has 0 fully saturated rings. The van der Waals surface area contributed by atoms with Crippen molar-refractivity contribution in [2.75, 3.05) is 17.2 Å². The zero-order valence-electron chi connectivity index (χ0n) is 11.9. The molecule has 0 radical (unpaired) electrons. The van der Waals surface area contributed by atoms with Gasteiger partial charge in [-0.05, 0) is 31.5 Å². The van der Waals surface area contributed by atoms with E-state index in [-0.39, 0.29) is 11.9 Å². The number of benzene rings is 1. The smallest absolute Gasteiger partial charge is 0.319 e. The van der Waals surface area contributed by atoms with Gasteiger partial charge in [0.15, 0.2) is 0 Å². The summed E-state index contributed by atoms with van der Waals surface area (Å²) in [5, 5.41) is 8.05. The Kier molecular flexibility index (Phi) is 6.52. The summed E-state index contributed by atoms with van der Waals surface area (Å²) in [6.07, 6.45) is 1.50. The summed E-state index contributed by atoms with van der Waals surface area (Å²) >= 11 is 0. The van der Waals surface area contributed by atoms with Crippen LogP contribution < -0.4 is 21.7 Å². The second-order valence-electron chi connectivity index (χ2n) is 4.45. The SMILES string of the molecule is CCCC(N)C(=O)Nc1cccc(NC(=O)NCC)c1. The fourth-order valence-corrected chi connectivity index (χ4v) is 1.69. The third kappa shape index (κ3) is 5.27. The van der Waals surface area contributed by atoms with Gasteiger partial charge in [0.05, 0.1) is 6.04 Å². The zero-order valence-corrected chi connectivity index (χ0v) is 11.9. The first-order valence-electron chi connectivity index (χ1n) is 6.78. The molecular weight excluding hydrogens is 256 g/mol. The number of rotatable bonds is 6. The molecule has 1 aromatic carbocycles. The van der Waals surface area contributed by atoms with Gasteiger partial charge >= 0.3 is 6.03 Å². The molecule has 1 unspecified atom stereocenters. The average molecular weight is 278 g/mol. The van der Waals surface area contributed by atoms with Crippen molar-refractivity contribution < 1.29 is 9.59 Å². The van der Waals surface area contributed by atoms with Crippen LogP contribution in [0.25, 0.3) is 0 Å². The quantitative estimate of drug-likeness (QED) is 0.640. The lowest BCUT2D eigenvalue weighted by atomic mass is 10.1. The van der Waals surface area contributed by atoms with Crippen molar-refractivity contribution in [1.82, 2.24) is 5.32 Å². The molecule has 3 amide bonds. The molecule has 6 nitrogen and oxygen atoms in total. The Balaban J connectivity index is 2.63. The van der Waals surface area contributed by atoms with Crippen LogP contribution in [-0.2, 0) is 4.79 Å². The van der Waals surface area contributed by atoms with Crippen LogP contribution in [0.4, 0.5) is 16.2 Å². The topological polar surface area (TPSA) is 96.2 Å². The van der Waals surface area contributed by atoms with Gasteiger partial charge < -0.3 is 21.7 Å². The van der Waals surface area contributed by atoms with E-state index in [0.29, 0.717) is 24.3 Å². The summed E-state index contributed by atoms with van der Waals surface area (Å²) in [4.78, 5) is 23.2. The van der Waals surface area contributed by atoms with E-state index in [1.807, 2.05) is 13.8 Å². The number of anilines is 2. The molecule has 0 bridgehead atoms. The Morgan fingerprint density at radius 1 is 1.20 bits per heavy atom. The van der Waals surface area contributed by atoms with Crippen molar-refractivity contribution in [1.29, 1.82) is 0 Å². The number of carbonyl (C=O) groups excluding carboxylic acids is 2. The third-order valence-corrected chi connectivity index (χ3v) is 2.66. The lowest BCUT2D eigenvalue weighted by Gasteiger charge is -2.12. The van der Waals surface area contributed by atoms with E-state index in [1.165, 1.54) is 0 Å². The van der Waals surface area contributed by atoms with Crippen LogP contribution in [0.1, 0.15) is 26.7 Å². The number of carbonyl (C=O) groups is 2. The molecule has 110 valence electrons. The molecule has 0 aliphatic heterocycles. The maximum Gasteiger partial charge on any atom is 0.319 e. The Morgan fingerprint density at radius 2 is 1.85 bits per heavy atom. The average Bonchev–Trinajstić information content (AvgIpc) is 2.39. The lowest BCUT2D eigenvalue weighted by molar-refractivity contribution is -0.117. The van der Waals surface area contributed by atoms with Crippen LogP contribution in [0.2, 0.25) is 0 Å². The third-order valence-electron chi connectivity index (χ3n) is 2.66.